The second-order valence-electron chi connectivity index (χ2n) is 2.15. The van der Waals surface area contributed by atoms with Crippen molar-refractivity contribution in [3.05, 3.63) is 24.0 Å². The van der Waals surface area contributed by atoms with Gasteiger partial charge in [0.2, 0.25) is 0 Å². The van der Waals surface area contributed by atoms with Gasteiger partial charge in [-0.3, -0.25) is 4.79 Å². The summed E-state index contributed by atoms with van der Waals surface area (Å²) in [5, 5.41) is 0. The predicted octanol–water partition coefficient (Wildman–Crippen LogP) is 0.187. The second kappa shape index (κ2) is 3.21. The first-order valence-corrected chi connectivity index (χ1v) is 3.22. The Labute approximate surface area is 64.4 Å². The van der Waals surface area contributed by atoms with Crippen LogP contribution in [0.1, 0.15) is 11.6 Å². The number of ether oxygens (including phenoxy) is 1. The van der Waals surface area contributed by atoms with Crippen molar-refractivity contribution >= 4 is 5.97 Å². The fraction of sp³-hybridized carbons (Fsp3) is 0.286. The molecule has 1 atom stereocenters. The van der Waals surface area contributed by atoms with Gasteiger partial charge in [0.15, 0.2) is 0 Å². The van der Waals surface area contributed by atoms with E-state index < -0.39 is 12.0 Å². The van der Waals surface area contributed by atoms with Crippen LogP contribution in [0.3, 0.4) is 0 Å². The maximum Gasteiger partial charge on any atom is 0.327 e. The summed E-state index contributed by atoms with van der Waals surface area (Å²) >= 11 is 0. The van der Waals surface area contributed by atoms with E-state index in [1.807, 2.05) is 0 Å². The molecule has 1 aromatic heterocycles. The van der Waals surface area contributed by atoms with Crippen molar-refractivity contribution in [2.75, 3.05) is 7.11 Å². The highest BCUT2D eigenvalue weighted by Crippen LogP contribution is 2.09. The number of aromatic amines is 1. The fourth-order valence-corrected chi connectivity index (χ4v) is 0.793. The molecule has 4 nitrogen and oxygen atoms in total. The number of hydrogen-bond donors (Lipinski definition) is 2. The van der Waals surface area contributed by atoms with Gasteiger partial charge in [-0.15, -0.1) is 0 Å². The van der Waals surface area contributed by atoms with E-state index in [9.17, 15) is 4.79 Å². The topological polar surface area (TPSA) is 68.1 Å². The molecule has 0 bridgehead atoms. The van der Waals surface area contributed by atoms with Crippen LogP contribution in [0.4, 0.5) is 0 Å². The first kappa shape index (κ1) is 7.81. The zero-order valence-corrected chi connectivity index (χ0v) is 6.20. The van der Waals surface area contributed by atoms with E-state index >= 15 is 0 Å². The van der Waals surface area contributed by atoms with E-state index in [1.165, 1.54) is 7.11 Å². The molecular formula is C7H10N2O2. The molecule has 3 N–H and O–H groups in total. The molecule has 0 aliphatic heterocycles. The van der Waals surface area contributed by atoms with Gasteiger partial charge in [-0.2, -0.15) is 0 Å². The minimum Gasteiger partial charge on any atom is -0.468 e. The monoisotopic (exact) mass is 154 g/mol. The van der Waals surface area contributed by atoms with Crippen LogP contribution in [0, 0.1) is 0 Å². The van der Waals surface area contributed by atoms with E-state index in [1.54, 1.807) is 18.5 Å². The lowest BCUT2D eigenvalue weighted by molar-refractivity contribution is -0.142. The van der Waals surface area contributed by atoms with Gasteiger partial charge in [-0.1, -0.05) is 0 Å². The van der Waals surface area contributed by atoms with Crippen molar-refractivity contribution in [1.82, 2.24) is 4.98 Å². The molecule has 4 heteroatoms. The fourth-order valence-electron chi connectivity index (χ4n) is 0.793. The maximum atomic E-state index is 10.8. The molecule has 0 amide bonds. The molecule has 0 aromatic carbocycles. The van der Waals surface area contributed by atoms with E-state index in [2.05, 4.69) is 9.72 Å². The molecule has 1 aromatic rings. The van der Waals surface area contributed by atoms with Crippen LogP contribution in [0.5, 0.6) is 0 Å². The van der Waals surface area contributed by atoms with Crippen molar-refractivity contribution in [3.63, 3.8) is 0 Å². The average molecular weight is 154 g/mol. The molecule has 0 saturated heterocycles. The van der Waals surface area contributed by atoms with E-state index in [-0.39, 0.29) is 0 Å². The van der Waals surface area contributed by atoms with Gasteiger partial charge in [-0.25, -0.2) is 0 Å². The third-order valence-corrected chi connectivity index (χ3v) is 1.44. The summed E-state index contributed by atoms with van der Waals surface area (Å²) in [4.78, 5) is 13.7. The summed E-state index contributed by atoms with van der Waals surface area (Å²) < 4.78 is 4.46. The first-order chi connectivity index (χ1) is 5.25. The summed E-state index contributed by atoms with van der Waals surface area (Å²) in [6.45, 7) is 0. The molecule has 0 aliphatic rings. The molecule has 0 spiro atoms. The Bertz CT molecular complexity index is 231. The lowest BCUT2D eigenvalue weighted by Gasteiger charge is -2.05. The van der Waals surface area contributed by atoms with Gasteiger partial charge in [-0.05, 0) is 11.6 Å². The molecule has 1 rings (SSSR count). The van der Waals surface area contributed by atoms with Crippen LogP contribution >= 0.6 is 0 Å². The summed E-state index contributed by atoms with van der Waals surface area (Å²) in [6.07, 6.45) is 3.37. The highest BCUT2D eigenvalue weighted by Gasteiger charge is 2.15. The van der Waals surface area contributed by atoms with Gasteiger partial charge in [0.25, 0.3) is 0 Å². The van der Waals surface area contributed by atoms with Crippen molar-refractivity contribution in [1.29, 1.82) is 0 Å². The van der Waals surface area contributed by atoms with Crippen molar-refractivity contribution in [2.24, 2.45) is 5.73 Å². The minimum absolute atomic E-state index is 0.426. The number of rotatable bonds is 2. The third kappa shape index (κ3) is 1.59. The largest absolute Gasteiger partial charge is 0.468 e. The van der Waals surface area contributed by atoms with Crippen LogP contribution in [0.2, 0.25) is 0 Å². The maximum absolute atomic E-state index is 10.8. The Kier molecular flexibility index (Phi) is 2.28. The molecule has 0 fully saturated rings. The Morgan fingerprint density at radius 1 is 1.82 bits per heavy atom. The number of carbonyl (C=O) groups excluding carboxylic acids is 1. The molecular weight excluding hydrogens is 144 g/mol. The van der Waals surface area contributed by atoms with Gasteiger partial charge in [0.05, 0.1) is 7.11 Å². The Hall–Kier alpha value is -1.29. The number of nitrogens with two attached hydrogens (primary N) is 1. The second-order valence-corrected chi connectivity index (χ2v) is 2.15. The minimum atomic E-state index is -0.675. The van der Waals surface area contributed by atoms with E-state index in [4.69, 9.17) is 5.73 Å². The lowest BCUT2D eigenvalue weighted by Crippen LogP contribution is -2.21. The number of aromatic nitrogens is 1. The van der Waals surface area contributed by atoms with Gasteiger partial charge in [0, 0.05) is 12.4 Å². The molecule has 1 heterocycles. The van der Waals surface area contributed by atoms with Crippen molar-refractivity contribution in [3.8, 4) is 0 Å². The SMILES string of the molecule is COC(=O)[C@H](N)c1cc[nH]c1. The number of hydrogen-bond acceptors (Lipinski definition) is 3. The molecule has 60 valence electrons. The van der Waals surface area contributed by atoms with Crippen LogP contribution in [0.25, 0.3) is 0 Å². The number of nitrogens with one attached hydrogen (secondary N) is 1. The molecule has 0 unspecified atom stereocenters. The van der Waals surface area contributed by atoms with E-state index in [0.717, 1.165) is 5.56 Å². The van der Waals surface area contributed by atoms with Crippen LogP contribution < -0.4 is 5.73 Å². The summed E-state index contributed by atoms with van der Waals surface area (Å²) in [7, 11) is 1.31. The summed E-state index contributed by atoms with van der Waals surface area (Å²) in [6, 6.07) is 1.06. The first-order valence-electron chi connectivity index (χ1n) is 3.22. The quantitative estimate of drug-likeness (QED) is 0.597. The Morgan fingerprint density at radius 3 is 3.00 bits per heavy atom. The smallest absolute Gasteiger partial charge is 0.327 e. The highest BCUT2D eigenvalue weighted by molar-refractivity contribution is 5.77. The zero-order valence-electron chi connectivity index (χ0n) is 6.20. The normalized spacial score (nSPS) is 12.5. The molecule has 0 saturated carbocycles. The van der Waals surface area contributed by atoms with Gasteiger partial charge in [0.1, 0.15) is 6.04 Å². The molecule has 11 heavy (non-hydrogen) atoms. The average Bonchev–Trinajstić information content (AvgIpc) is 2.53. The lowest BCUT2D eigenvalue weighted by atomic mass is 10.2. The highest BCUT2D eigenvalue weighted by atomic mass is 16.5. The van der Waals surface area contributed by atoms with Gasteiger partial charge < -0.3 is 15.5 Å². The molecule has 0 radical (unpaired) electrons. The zero-order chi connectivity index (χ0) is 8.27. The van der Waals surface area contributed by atoms with Crippen LogP contribution in [-0.4, -0.2) is 18.1 Å². The number of esters is 1. The van der Waals surface area contributed by atoms with Crippen molar-refractivity contribution in [2.45, 2.75) is 6.04 Å². The van der Waals surface area contributed by atoms with Gasteiger partial charge >= 0.3 is 5.97 Å². The summed E-state index contributed by atoms with van der Waals surface area (Å²) in [5.41, 5.74) is 6.23. The van der Waals surface area contributed by atoms with Crippen molar-refractivity contribution < 1.29 is 9.53 Å². The number of methoxy groups -OCH3 is 1. The number of carbonyl (C=O) groups is 1. The van der Waals surface area contributed by atoms with Crippen LogP contribution in [0.15, 0.2) is 18.5 Å². The van der Waals surface area contributed by atoms with E-state index in [0.29, 0.717) is 0 Å². The van der Waals surface area contributed by atoms with Crippen LogP contribution in [-0.2, 0) is 9.53 Å². The summed E-state index contributed by atoms with van der Waals surface area (Å²) in [5.74, 6) is -0.426. The third-order valence-electron chi connectivity index (χ3n) is 1.44. The standard InChI is InChI=1S/C7H10N2O2/c1-11-7(10)6(8)5-2-3-9-4-5/h2-4,6,9H,8H2,1H3/t6-/m1/s1. The number of H-pyrrole nitrogens is 1. The molecule has 0 aliphatic carbocycles. The predicted molar refractivity (Wildman–Crippen MR) is 39.7 cm³/mol. The Balaban J connectivity index is 2.70. The Morgan fingerprint density at radius 2 is 2.55 bits per heavy atom.